The Morgan fingerprint density at radius 3 is 2.53 bits per heavy atom. The normalized spacial score (nSPS) is 21.8. The summed E-state index contributed by atoms with van der Waals surface area (Å²) in [6, 6.07) is 8.52. The van der Waals surface area contributed by atoms with Crippen molar-refractivity contribution in [2.75, 3.05) is 16.6 Å². The number of carbonyl (C=O) groups excluding carboxylic acids is 3. The summed E-state index contributed by atoms with van der Waals surface area (Å²) >= 11 is 0. The summed E-state index contributed by atoms with van der Waals surface area (Å²) in [6.07, 6.45) is 2.58. The standard InChI is InChI=1S/C28H31N3O5/c1-15(2)31-22-9-16(3)18(10-20(22)17(4)13-28(31,5)6)11-21-25(32)29-27(34)30(26(21)33)19-7-8-23-24(12-19)36-14-35-23/h7-12,15,17H,13-14H2,1-6H3,(H,29,32,34)/b21-11+/t17-/m0/s1. The molecule has 0 saturated carbocycles. The molecule has 1 atom stereocenters. The van der Waals surface area contributed by atoms with Gasteiger partial charge in [-0.25, -0.2) is 9.69 Å². The van der Waals surface area contributed by atoms with Gasteiger partial charge in [-0.15, -0.1) is 0 Å². The van der Waals surface area contributed by atoms with Crippen molar-refractivity contribution in [1.82, 2.24) is 5.32 Å². The van der Waals surface area contributed by atoms with Crippen molar-refractivity contribution >= 4 is 35.3 Å². The van der Waals surface area contributed by atoms with Gasteiger partial charge in [-0.3, -0.25) is 14.9 Å². The van der Waals surface area contributed by atoms with E-state index in [9.17, 15) is 14.4 Å². The van der Waals surface area contributed by atoms with E-state index in [1.54, 1.807) is 24.3 Å². The van der Waals surface area contributed by atoms with Crippen LogP contribution in [0.4, 0.5) is 16.2 Å². The fourth-order valence-corrected chi connectivity index (χ4v) is 5.82. The molecule has 0 aliphatic carbocycles. The molecule has 0 radical (unpaired) electrons. The molecule has 1 N–H and O–H groups in total. The number of hydrogen-bond donors (Lipinski definition) is 1. The first-order valence-electron chi connectivity index (χ1n) is 12.2. The Bertz CT molecular complexity index is 1330. The molecule has 8 nitrogen and oxygen atoms in total. The number of aryl methyl sites for hydroxylation is 1. The molecule has 0 aromatic heterocycles. The highest BCUT2D eigenvalue weighted by Crippen LogP contribution is 2.45. The van der Waals surface area contributed by atoms with Crippen LogP contribution in [0.1, 0.15) is 63.6 Å². The summed E-state index contributed by atoms with van der Waals surface area (Å²) in [7, 11) is 0. The highest BCUT2D eigenvalue weighted by atomic mass is 16.7. The van der Waals surface area contributed by atoms with Gasteiger partial charge in [0, 0.05) is 23.3 Å². The Morgan fingerprint density at radius 2 is 1.81 bits per heavy atom. The third-order valence-corrected chi connectivity index (χ3v) is 7.20. The Labute approximate surface area is 210 Å². The van der Waals surface area contributed by atoms with Gasteiger partial charge in [0.1, 0.15) is 5.57 Å². The van der Waals surface area contributed by atoms with Gasteiger partial charge in [0.05, 0.1) is 5.69 Å². The first kappa shape index (κ1) is 23.9. The number of nitrogens with one attached hydrogen (secondary N) is 1. The SMILES string of the molecule is Cc1cc2c(cc1/C=C1\C(=O)NC(=O)N(c3ccc4c(c3)OCO4)C1=O)[C@@H](C)CC(C)(C)N2C(C)C. The second-order valence-corrected chi connectivity index (χ2v) is 10.6. The minimum Gasteiger partial charge on any atom is -0.454 e. The van der Waals surface area contributed by atoms with Crippen LogP contribution in [0, 0.1) is 6.92 Å². The van der Waals surface area contributed by atoms with Crippen molar-refractivity contribution in [3.8, 4) is 11.5 Å². The highest BCUT2D eigenvalue weighted by Gasteiger charge is 2.39. The number of benzene rings is 2. The molecular weight excluding hydrogens is 458 g/mol. The second-order valence-electron chi connectivity index (χ2n) is 10.6. The lowest BCUT2D eigenvalue weighted by atomic mass is 9.78. The number of amides is 4. The fourth-order valence-electron chi connectivity index (χ4n) is 5.82. The zero-order chi connectivity index (χ0) is 25.9. The Hall–Kier alpha value is -3.81. The van der Waals surface area contributed by atoms with Crippen LogP contribution in [-0.4, -0.2) is 36.2 Å². The van der Waals surface area contributed by atoms with E-state index in [1.807, 2.05) is 6.92 Å². The lowest BCUT2D eigenvalue weighted by Gasteiger charge is -2.50. The average molecular weight is 490 g/mol. The van der Waals surface area contributed by atoms with Gasteiger partial charge in [-0.2, -0.15) is 0 Å². The molecule has 188 valence electrons. The van der Waals surface area contributed by atoms with Crippen LogP contribution in [0.3, 0.4) is 0 Å². The van der Waals surface area contributed by atoms with Gasteiger partial charge in [-0.1, -0.05) is 6.92 Å². The summed E-state index contributed by atoms with van der Waals surface area (Å²) in [4.78, 5) is 42.3. The molecule has 2 aromatic carbocycles. The Kier molecular flexibility index (Phi) is 5.58. The number of anilines is 2. The number of fused-ring (bicyclic) bond motifs is 2. The molecule has 0 bridgehead atoms. The van der Waals surface area contributed by atoms with E-state index in [2.05, 4.69) is 57.0 Å². The maximum atomic E-state index is 13.4. The minimum absolute atomic E-state index is 0.0116. The topological polar surface area (TPSA) is 88.2 Å². The fraction of sp³-hybridized carbons (Fsp3) is 0.393. The monoisotopic (exact) mass is 489 g/mol. The zero-order valence-corrected chi connectivity index (χ0v) is 21.5. The van der Waals surface area contributed by atoms with Crippen molar-refractivity contribution in [2.24, 2.45) is 0 Å². The average Bonchev–Trinajstić information content (AvgIpc) is 3.24. The molecular formula is C28H31N3O5. The molecule has 8 heteroatoms. The number of urea groups is 1. The smallest absolute Gasteiger partial charge is 0.335 e. The van der Waals surface area contributed by atoms with Crippen LogP contribution in [0.15, 0.2) is 35.9 Å². The quantitative estimate of drug-likeness (QED) is 0.488. The van der Waals surface area contributed by atoms with E-state index in [1.165, 1.54) is 11.3 Å². The predicted molar refractivity (Wildman–Crippen MR) is 137 cm³/mol. The first-order valence-corrected chi connectivity index (χ1v) is 12.2. The zero-order valence-electron chi connectivity index (χ0n) is 21.5. The number of ether oxygens (including phenoxy) is 2. The van der Waals surface area contributed by atoms with Gasteiger partial charge in [0.25, 0.3) is 11.8 Å². The van der Waals surface area contributed by atoms with Crippen molar-refractivity contribution in [1.29, 1.82) is 0 Å². The van der Waals surface area contributed by atoms with Crippen LogP contribution in [0.5, 0.6) is 11.5 Å². The van der Waals surface area contributed by atoms with E-state index >= 15 is 0 Å². The highest BCUT2D eigenvalue weighted by molar-refractivity contribution is 6.39. The number of imide groups is 2. The van der Waals surface area contributed by atoms with Crippen molar-refractivity contribution in [3.05, 3.63) is 52.6 Å². The minimum atomic E-state index is -0.799. The number of carbonyl (C=O) groups is 3. The lowest BCUT2D eigenvalue weighted by Crippen LogP contribution is -2.54. The van der Waals surface area contributed by atoms with Gasteiger partial charge in [-0.05, 0) is 94.0 Å². The van der Waals surface area contributed by atoms with Crippen LogP contribution in [0.25, 0.3) is 6.08 Å². The Morgan fingerprint density at radius 1 is 1.08 bits per heavy atom. The van der Waals surface area contributed by atoms with E-state index in [-0.39, 0.29) is 17.9 Å². The summed E-state index contributed by atoms with van der Waals surface area (Å²) in [5.74, 6) is -0.110. The van der Waals surface area contributed by atoms with Crippen LogP contribution in [-0.2, 0) is 9.59 Å². The van der Waals surface area contributed by atoms with E-state index in [4.69, 9.17) is 9.47 Å². The van der Waals surface area contributed by atoms with Gasteiger partial charge in [0.15, 0.2) is 11.5 Å². The molecule has 3 heterocycles. The molecule has 0 unspecified atom stereocenters. The molecule has 5 rings (SSSR count). The molecule has 2 aromatic rings. The van der Waals surface area contributed by atoms with Gasteiger partial charge >= 0.3 is 6.03 Å². The third kappa shape index (κ3) is 3.81. The molecule has 36 heavy (non-hydrogen) atoms. The maximum Gasteiger partial charge on any atom is 0.335 e. The lowest BCUT2D eigenvalue weighted by molar-refractivity contribution is -0.122. The second kappa shape index (κ2) is 8.40. The maximum absolute atomic E-state index is 13.4. The molecule has 1 saturated heterocycles. The van der Waals surface area contributed by atoms with Crippen molar-refractivity contribution < 1.29 is 23.9 Å². The number of nitrogens with zero attached hydrogens (tertiary/aromatic N) is 2. The largest absolute Gasteiger partial charge is 0.454 e. The first-order chi connectivity index (χ1) is 17.0. The van der Waals surface area contributed by atoms with E-state index in [0.29, 0.717) is 29.1 Å². The molecule has 1 fully saturated rings. The summed E-state index contributed by atoms with van der Waals surface area (Å²) in [5.41, 5.74) is 4.31. The van der Waals surface area contributed by atoms with Crippen molar-refractivity contribution in [2.45, 2.75) is 65.5 Å². The summed E-state index contributed by atoms with van der Waals surface area (Å²) in [6.45, 7) is 13.2. The van der Waals surface area contributed by atoms with Crippen molar-refractivity contribution in [3.63, 3.8) is 0 Å². The number of hydrogen-bond acceptors (Lipinski definition) is 6. The van der Waals surface area contributed by atoms with Crippen LogP contribution < -0.4 is 24.6 Å². The third-order valence-electron chi connectivity index (χ3n) is 7.20. The molecule has 3 aliphatic rings. The summed E-state index contributed by atoms with van der Waals surface area (Å²) in [5, 5.41) is 2.30. The predicted octanol–water partition coefficient (Wildman–Crippen LogP) is 4.89. The molecule has 3 aliphatic heterocycles. The number of barbiturate groups is 1. The Balaban J connectivity index is 1.55. The van der Waals surface area contributed by atoms with Gasteiger partial charge < -0.3 is 14.4 Å². The van der Waals surface area contributed by atoms with Crippen LogP contribution >= 0.6 is 0 Å². The number of rotatable bonds is 3. The molecule has 0 spiro atoms. The van der Waals surface area contributed by atoms with E-state index in [0.717, 1.165) is 22.4 Å². The summed E-state index contributed by atoms with van der Waals surface area (Å²) < 4.78 is 10.7. The van der Waals surface area contributed by atoms with E-state index < -0.39 is 17.8 Å². The van der Waals surface area contributed by atoms with Gasteiger partial charge in [0.2, 0.25) is 6.79 Å². The molecule has 4 amide bonds. The van der Waals surface area contributed by atoms with Crippen LogP contribution in [0.2, 0.25) is 0 Å².